The van der Waals surface area contributed by atoms with Crippen LogP contribution in [0.5, 0.6) is 0 Å². The standard InChI is InChI=1S/C23H30N4O3S/c28-22-23(26-21(25-22)19-5-2-1-3-6-19)11-14-27(15-12-23)31(29,30)16-10-18-8-4-7-17-9-13-24-20(17)18/h4,7-9,13,19,24H,1-3,5-6,10-12,14-16H2,(H,25,26,28). The topological polar surface area (TPSA) is 94.6 Å². The number of aliphatic imine (C=N–C) groups is 1. The van der Waals surface area contributed by atoms with E-state index in [1.807, 2.05) is 30.5 Å². The van der Waals surface area contributed by atoms with Gasteiger partial charge in [-0.3, -0.25) is 9.79 Å². The van der Waals surface area contributed by atoms with Crippen LogP contribution < -0.4 is 5.32 Å². The molecular formula is C23H30N4O3S. The molecule has 5 rings (SSSR count). The molecule has 8 heteroatoms. The van der Waals surface area contributed by atoms with E-state index < -0.39 is 15.6 Å². The Hall–Kier alpha value is -2.19. The number of fused-ring (bicyclic) bond motifs is 1. The van der Waals surface area contributed by atoms with Crippen molar-refractivity contribution in [2.24, 2.45) is 10.9 Å². The van der Waals surface area contributed by atoms with Gasteiger partial charge in [0, 0.05) is 30.7 Å². The van der Waals surface area contributed by atoms with E-state index in [-0.39, 0.29) is 11.7 Å². The number of piperidine rings is 1. The summed E-state index contributed by atoms with van der Waals surface area (Å²) in [5.74, 6) is 1.24. The Morgan fingerprint density at radius 2 is 1.87 bits per heavy atom. The maximum atomic E-state index is 13.0. The number of carbonyl (C=O) groups excluding carboxylic acids is 1. The molecule has 0 radical (unpaired) electrons. The molecule has 1 aromatic carbocycles. The SMILES string of the molecule is O=C1NC(C2CCCCC2)=NC12CCN(S(=O)(=O)CCc1cccc3cc[nH]c13)CC2. The number of rotatable bonds is 5. The Labute approximate surface area is 183 Å². The Balaban J connectivity index is 1.24. The molecule has 1 aliphatic carbocycles. The molecule has 2 N–H and O–H groups in total. The van der Waals surface area contributed by atoms with Crippen molar-refractivity contribution in [2.75, 3.05) is 18.8 Å². The van der Waals surface area contributed by atoms with Crippen molar-refractivity contribution in [3.05, 3.63) is 36.0 Å². The van der Waals surface area contributed by atoms with Crippen molar-refractivity contribution in [3.8, 4) is 0 Å². The van der Waals surface area contributed by atoms with Gasteiger partial charge in [-0.25, -0.2) is 12.7 Å². The van der Waals surface area contributed by atoms with Crippen LogP contribution in [-0.4, -0.2) is 53.8 Å². The Morgan fingerprint density at radius 3 is 2.65 bits per heavy atom. The molecule has 1 aromatic heterocycles. The van der Waals surface area contributed by atoms with Crippen LogP contribution in [0.15, 0.2) is 35.5 Å². The van der Waals surface area contributed by atoms with Crippen LogP contribution in [0.3, 0.4) is 0 Å². The Bertz CT molecular complexity index is 1110. The first kappa shape index (κ1) is 20.7. The molecule has 1 spiro atoms. The average molecular weight is 443 g/mol. The first-order chi connectivity index (χ1) is 15.0. The second kappa shape index (κ2) is 8.06. The summed E-state index contributed by atoms with van der Waals surface area (Å²) in [7, 11) is -3.39. The predicted molar refractivity (Wildman–Crippen MR) is 121 cm³/mol. The number of amides is 1. The second-order valence-electron chi connectivity index (χ2n) is 9.14. The number of hydrogen-bond donors (Lipinski definition) is 2. The number of sulfonamides is 1. The lowest BCUT2D eigenvalue weighted by molar-refractivity contribution is -0.125. The fraction of sp³-hybridized carbons (Fsp3) is 0.565. The summed E-state index contributed by atoms with van der Waals surface area (Å²) in [5.41, 5.74) is 1.24. The molecular weight excluding hydrogens is 412 g/mol. The quantitative estimate of drug-likeness (QED) is 0.745. The number of aryl methyl sites for hydroxylation is 1. The number of H-pyrrole nitrogens is 1. The first-order valence-corrected chi connectivity index (χ1v) is 13.0. The summed E-state index contributed by atoms with van der Waals surface area (Å²) >= 11 is 0. The van der Waals surface area contributed by atoms with Crippen molar-refractivity contribution in [2.45, 2.75) is 56.9 Å². The van der Waals surface area contributed by atoms with Crippen LogP contribution in [0.1, 0.15) is 50.5 Å². The molecule has 1 saturated carbocycles. The molecule has 2 fully saturated rings. The third-order valence-electron chi connectivity index (χ3n) is 7.24. The molecule has 1 saturated heterocycles. The number of aromatic amines is 1. The number of aromatic nitrogens is 1. The number of carbonyl (C=O) groups is 1. The first-order valence-electron chi connectivity index (χ1n) is 11.4. The second-order valence-corrected chi connectivity index (χ2v) is 11.2. The summed E-state index contributed by atoms with van der Waals surface area (Å²) in [6, 6.07) is 7.95. The largest absolute Gasteiger partial charge is 0.361 e. The van der Waals surface area contributed by atoms with Gasteiger partial charge in [-0.05, 0) is 49.1 Å². The zero-order valence-electron chi connectivity index (χ0n) is 17.8. The fourth-order valence-corrected chi connectivity index (χ4v) is 6.79. The van der Waals surface area contributed by atoms with Crippen LogP contribution in [0.4, 0.5) is 0 Å². The van der Waals surface area contributed by atoms with Crippen molar-refractivity contribution in [1.82, 2.24) is 14.6 Å². The molecule has 2 aromatic rings. The van der Waals surface area contributed by atoms with Gasteiger partial charge in [0.25, 0.3) is 5.91 Å². The number of nitrogens with one attached hydrogen (secondary N) is 2. The van der Waals surface area contributed by atoms with Crippen molar-refractivity contribution < 1.29 is 13.2 Å². The summed E-state index contributed by atoms with van der Waals surface area (Å²) < 4.78 is 27.6. The molecule has 0 atom stereocenters. The van der Waals surface area contributed by atoms with Gasteiger partial charge in [0.1, 0.15) is 11.4 Å². The highest BCUT2D eigenvalue weighted by Crippen LogP contribution is 2.35. The smallest absolute Gasteiger partial charge is 0.253 e. The normalized spacial score (nSPS) is 22.7. The van der Waals surface area contributed by atoms with Gasteiger partial charge in [-0.1, -0.05) is 37.5 Å². The highest BCUT2D eigenvalue weighted by atomic mass is 32.2. The molecule has 7 nitrogen and oxygen atoms in total. The van der Waals surface area contributed by atoms with E-state index in [1.54, 1.807) is 4.31 Å². The van der Waals surface area contributed by atoms with Gasteiger partial charge in [-0.2, -0.15) is 0 Å². The van der Waals surface area contributed by atoms with Crippen LogP contribution >= 0.6 is 0 Å². The molecule has 0 unspecified atom stereocenters. The van der Waals surface area contributed by atoms with Crippen LogP contribution in [-0.2, 0) is 21.2 Å². The van der Waals surface area contributed by atoms with Crippen molar-refractivity contribution in [1.29, 1.82) is 0 Å². The number of hydrogen-bond acceptors (Lipinski definition) is 4. The summed E-state index contributed by atoms with van der Waals surface area (Å²) in [5, 5.41) is 4.13. The number of nitrogens with zero attached hydrogens (tertiary/aromatic N) is 2. The van der Waals surface area contributed by atoms with Gasteiger partial charge in [0.05, 0.1) is 5.75 Å². The van der Waals surface area contributed by atoms with E-state index in [0.29, 0.717) is 38.3 Å². The van der Waals surface area contributed by atoms with Gasteiger partial charge >= 0.3 is 0 Å². The van der Waals surface area contributed by atoms with Crippen molar-refractivity contribution in [3.63, 3.8) is 0 Å². The third kappa shape index (κ3) is 3.91. The van der Waals surface area contributed by atoms with E-state index >= 15 is 0 Å². The number of amidine groups is 1. The van der Waals surface area contributed by atoms with Gasteiger partial charge < -0.3 is 10.3 Å². The third-order valence-corrected chi connectivity index (χ3v) is 9.11. The zero-order valence-corrected chi connectivity index (χ0v) is 18.6. The van der Waals surface area contributed by atoms with E-state index in [0.717, 1.165) is 35.1 Å². The molecule has 3 heterocycles. The highest BCUT2D eigenvalue weighted by Gasteiger charge is 2.48. The predicted octanol–water partition coefficient (Wildman–Crippen LogP) is 2.98. The maximum absolute atomic E-state index is 13.0. The van der Waals surface area contributed by atoms with E-state index in [4.69, 9.17) is 4.99 Å². The lowest BCUT2D eigenvalue weighted by atomic mass is 9.88. The number of benzene rings is 1. The minimum Gasteiger partial charge on any atom is -0.361 e. The zero-order chi connectivity index (χ0) is 21.5. The molecule has 1 amide bonds. The summed E-state index contributed by atoms with van der Waals surface area (Å²) in [6.45, 7) is 0.702. The van der Waals surface area contributed by atoms with E-state index in [1.165, 1.54) is 19.3 Å². The molecule has 3 aliphatic rings. The highest BCUT2D eigenvalue weighted by molar-refractivity contribution is 7.89. The molecule has 166 valence electrons. The van der Waals surface area contributed by atoms with Crippen LogP contribution in [0, 0.1) is 5.92 Å². The lowest BCUT2D eigenvalue weighted by Crippen LogP contribution is -2.51. The maximum Gasteiger partial charge on any atom is 0.253 e. The Kier molecular flexibility index (Phi) is 5.38. The Morgan fingerprint density at radius 1 is 1.10 bits per heavy atom. The minimum atomic E-state index is -3.39. The monoisotopic (exact) mass is 442 g/mol. The summed E-state index contributed by atoms with van der Waals surface area (Å²) in [6.07, 6.45) is 9.07. The molecule has 0 bridgehead atoms. The van der Waals surface area contributed by atoms with Gasteiger partial charge in [0.2, 0.25) is 10.0 Å². The fourth-order valence-electron chi connectivity index (χ4n) is 5.31. The van der Waals surface area contributed by atoms with Crippen LogP contribution in [0.25, 0.3) is 10.9 Å². The summed E-state index contributed by atoms with van der Waals surface area (Å²) in [4.78, 5) is 20.8. The lowest BCUT2D eigenvalue weighted by Gasteiger charge is -2.34. The van der Waals surface area contributed by atoms with Crippen molar-refractivity contribution >= 4 is 32.7 Å². The van der Waals surface area contributed by atoms with Gasteiger partial charge in [0.15, 0.2) is 0 Å². The van der Waals surface area contributed by atoms with Gasteiger partial charge in [-0.15, -0.1) is 0 Å². The van der Waals surface area contributed by atoms with E-state index in [9.17, 15) is 13.2 Å². The van der Waals surface area contributed by atoms with Crippen LogP contribution in [0.2, 0.25) is 0 Å². The minimum absolute atomic E-state index is 0.0384. The average Bonchev–Trinajstić information content (AvgIpc) is 3.39. The molecule has 31 heavy (non-hydrogen) atoms. The number of para-hydroxylation sites is 1. The van der Waals surface area contributed by atoms with E-state index in [2.05, 4.69) is 10.3 Å². The molecule has 2 aliphatic heterocycles.